The van der Waals surface area contributed by atoms with Gasteiger partial charge in [-0.3, -0.25) is 4.18 Å². The summed E-state index contributed by atoms with van der Waals surface area (Å²) in [6.45, 7) is 1.09. The third-order valence-corrected chi connectivity index (χ3v) is 6.40. The number of aliphatic hydroxyl groups excluding tert-OH is 1. The van der Waals surface area contributed by atoms with Gasteiger partial charge in [-0.2, -0.15) is 8.42 Å². The van der Waals surface area contributed by atoms with Gasteiger partial charge in [0.25, 0.3) is 10.1 Å². The lowest BCUT2D eigenvalue weighted by atomic mass is 10.1. The Kier molecular flexibility index (Phi) is 6.60. The van der Waals surface area contributed by atoms with Crippen molar-refractivity contribution in [3.8, 4) is 17.0 Å². The number of hydrogen-bond donors (Lipinski definition) is 2. The third kappa shape index (κ3) is 5.31. The summed E-state index contributed by atoms with van der Waals surface area (Å²) in [5, 5.41) is 10.6. The molecule has 0 spiro atoms. The van der Waals surface area contributed by atoms with Crippen LogP contribution in [0.2, 0.25) is 0 Å². The van der Waals surface area contributed by atoms with Gasteiger partial charge >= 0.3 is 0 Å². The van der Waals surface area contributed by atoms with Gasteiger partial charge in [0.2, 0.25) is 0 Å². The Balaban J connectivity index is 1.55. The van der Waals surface area contributed by atoms with Crippen molar-refractivity contribution >= 4 is 26.7 Å². The number of benzene rings is 3. The highest BCUT2D eigenvalue weighted by Gasteiger charge is 2.20. The van der Waals surface area contributed by atoms with Crippen LogP contribution in [0.25, 0.3) is 22.2 Å². The second-order valence-electron chi connectivity index (χ2n) is 7.62. The maximum Gasteiger partial charge on any atom is 0.297 e. The molecule has 7 nitrogen and oxygen atoms in total. The highest BCUT2D eigenvalue weighted by molar-refractivity contribution is 7.86. The molecule has 0 aliphatic carbocycles. The van der Waals surface area contributed by atoms with E-state index in [1.54, 1.807) is 36.4 Å². The predicted octanol–water partition coefficient (Wildman–Crippen LogP) is 3.94. The van der Waals surface area contributed by atoms with Gasteiger partial charge in [-0.1, -0.05) is 48.0 Å². The van der Waals surface area contributed by atoms with Gasteiger partial charge in [-0.05, 0) is 43.3 Å². The molecule has 8 heteroatoms. The molecule has 1 unspecified atom stereocenters. The van der Waals surface area contributed by atoms with Crippen molar-refractivity contribution in [1.29, 1.82) is 0 Å². The molecule has 3 aromatic carbocycles. The second kappa shape index (κ2) is 9.58. The molecule has 33 heavy (non-hydrogen) atoms. The molecule has 1 heterocycles. The monoisotopic (exact) mass is 464 g/mol. The number of nitrogens with zero attached hydrogens (tertiary/aromatic N) is 1. The molecule has 0 saturated carbocycles. The molecule has 4 rings (SSSR count). The van der Waals surface area contributed by atoms with E-state index >= 15 is 0 Å². The van der Waals surface area contributed by atoms with Crippen LogP contribution in [0.3, 0.4) is 0 Å². The molecule has 4 aromatic rings. The van der Waals surface area contributed by atoms with Crippen LogP contribution in [0, 0.1) is 6.92 Å². The predicted molar refractivity (Wildman–Crippen MR) is 127 cm³/mol. The van der Waals surface area contributed by atoms with Crippen LogP contribution >= 0.6 is 0 Å². The van der Waals surface area contributed by atoms with Gasteiger partial charge in [0.1, 0.15) is 24.0 Å². The first-order valence-corrected chi connectivity index (χ1v) is 11.8. The summed E-state index contributed by atoms with van der Waals surface area (Å²) < 4.78 is 36.0. The van der Waals surface area contributed by atoms with Crippen LogP contribution in [0.4, 0.5) is 5.69 Å². The first-order valence-electron chi connectivity index (χ1n) is 10.3. The molecule has 0 bridgehead atoms. The summed E-state index contributed by atoms with van der Waals surface area (Å²) in [6.07, 6.45) is -0.905. The van der Waals surface area contributed by atoms with Gasteiger partial charge in [-0.25, -0.2) is 4.98 Å². The van der Waals surface area contributed by atoms with Crippen LogP contribution in [0.1, 0.15) is 5.56 Å². The summed E-state index contributed by atoms with van der Waals surface area (Å²) in [7, 11) is -3.98. The standard InChI is InChI=1S/C25H24N2O5S/c1-17-5-12-22(13-6-17)33(29,30)31-16-21(15-28)32-24-4-2-3-19-9-14-23(27-25(19)24)18-7-10-20(26)11-8-18/h2-14,21,28H,15-16,26H2,1H3. The summed E-state index contributed by atoms with van der Waals surface area (Å²) in [5.41, 5.74) is 9.59. The first-order chi connectivity index (χ1) is 15.9. The van der Waals surface area contributed by atoms with E-state index in [1.807, 2.05) is 37.3 Å². The minimum absolute atomic E-state index is 0.0461. The molecule has 0 fully saturated rings. The van der Waals surface area contributed by atoms with Gasteiger partial charge < -0.3 is 15.6 Å². The number of hydrogen-bond acceptors (Lipinski definition) is 7. The Morgan fingerprint density at radius 3 is 2.39 bits per heavy atom. The van der Waals surface area contributed by atoms with Crippen molar-refractivity contribution in [2.45, 2.75) is 17.9 Å². The van der Waals surface area contributed by atoms with E-state index in [0.717, 1.165) is 22.2 Å². The van der Waals surface area contributed by atoms with E-state index in [1.165, 1.54) is 12.1 Å². The van der Waals surface area contributed by atoms with Gasteiger partial charge in [0.15, 0.2) is 0 Å². The van der Waals surface area contributed by atoms with Crippen LogP contribution in [-0.4, -0.2) is 37.8 Å². The first kappa shape index (κ1) is 22.7. The number of ether oxygens (including phenoxy) is 1. The smallest absolute Gasteiger partial charge is 0.297 e. The van der Waals surface area contributed by atoms with E-state index < -0.39 is 22.8 Å². The molecule has 0 amide bonds. The number of nitrogen functional groups attached to an aromatic ring is 1. The third-order valence-electron chi connectivity index (χ3n) is 5.11. The lowest BCUT2D eigenvalue weighted by Gasteiger charge is -2.18. The Hall–Kier alpha value is -3.46. The summed E-state index contributed by atoms with van der Waals surface area (Å²) in [5.74, 6) is 0.417. The Labute approximate surface area is 192 Å². The fourth-order valence-electron chi connectivity index (χ4n) is 3.27. The number of nitrogens with two attached hydrogens (primary N) is 1. The zero-order valence-corrected chi connectivity index (χ0v) is 18.8. The summed E-state index contributed by atoms with van der Waals surface area (Å²) in [4.78, 5) is 4.77. The lowest BCUT2D eigenvalue weighted by Crippen LogP contribution is -2.28. The van der Waals surface area contributed by atoms with E-state index in [2.05, 4.69) is 0 Å². The number of rotatable bonds is 8. The summed E-state index contributed by atoms with van der Waals surface area (Å²) in [6, 6.07) is 23.0. The molecule has 0 aliphatic heterocycles. The molecule has 0 radical (unpaired) electrons. The largest absolute Gasteiger partial charge is 0.483 e. The van der Waals surface area contributed by atoms with Crippen molar-refractivity contribution in [2.24, 2.45) is 0 Å². The Morgan fingerprint density at radius 1 is 0.970 bits per heavy atom. The van der Waals surface area contributed by atoms with Crippen molar-refractivity contribution in [2.75, 3.05) is 18.9 Å². The maximum absolute atomic E-state index is 12.5. The number of aromatic nitrogens is 1. The normalized spacial score (nSPS) is 12.5. The zero-order valence-electron chi connectivity index (χ0n) is 18.0. The molecule has 0 saturated heterocycles. The minimum atomic E-state index is -3.98. The number of para-hydroxylation sites is 1. The molecular formula is C25H24N2O5S. The molecule has 170 valence electrons. The highest BCUT2D eigenvalue weighted by atomic mass is 32.2. The van der Waals surface area contributed by atoms with Gasteiger partial charge in [0, 0.05) is 16.6 Å². The number of aliphatic hydroxyl groups is 1. The van der Waals surface area contributed by atoms with Crippen molar-refractivity contribution < 1.29 is 22.4 Å². The van der Waals surface area contributed by atoms with Gasteiger partial charge in [0.05, 0.1) is 17.2 Å². The number of aryl methyl sites for hydroxylation is 1. The van der Waals surface area contributed by atoms with E-state index in [9.17, 15) is 13.5 Å². The molecule has 1 atom stereocenters. The average Bonchev–Trinajstić information content (AvgIpc) is 2.82. The SMILES string of the molecule is Cc1ccc(S(=O)(=O)OCC(CO)Oc2cccc3ccc(-c4ccc(N)cc4)nc23)cc1. The molecular weight excluding hydrogens is 440 g/mol. The Bertz CT molecular complexity index is 1350. The van der Waals surface area contributed by atoms with E-state index in [-0.39, 0.29) is 11.5 Å². The topological polar surface area (TPSA) is 112 Å². The fourth-order valence-corrected chi connectivity index (χ4v) is 4.21. The number of fused-ring (bicyclic) bond motifs is 1. The second-order valence-corrected chi connectivity index (χ2v) is 9.24. The van der Waals surface area contributed by atoms with E-state index in [0.29, 0.717) is 17.0 Å². The lowest BCUT2D eigenvalue weighted by molar-refractivity contribution is 0.0751. The van der Waals surface area contributed by atoms with Crippen molar-refractivity contribution in [3.05, 3.63) is 84.4 Å². The summed E-state index contributed by atoms with van der Waals surface area (Å²) >= 11 is 0. The fraction of sp³-hybridized carbons (Fsp3) is 0.160. The quantitative estimate of drug-likeness (QED) is 0.300. The van der Waals surface area contributed by atoms with Crippen LogP contribution < -0.4 is 10.5 Å². The minimum Gasteiger partial charge on any atom is -0.483 e. The Morgan fingerprint density at radius 2 is 1.70 bits per heavy atom. The average molecular weight is 465 g/mol. The molecule has 1 aromatic heterocycles. The highest BCUT2D eigenvalue weighted by Crippen LogP contribution is 2.28. The zero-order chi connectivity index (χ0) is 23.4. The number of pyridine rings is 1. The number of anilines is 1. The van der Waals surface area contributed by atoms with Gasteiger partial charge in [-0.15, -0.1) is 0 Å². The van der Waals surface area contributed by atoms with Crippen molar-refractivity contribution in [3.63, 3.8) is 0 Å². The molecule has 0 aliphatic rings. The van der Waals surface area contributed by atoms with Crippen LogP contribution in [0.15, 0.2) is 83.8 Å². The van der Waals surface area contributed by atoms with Crippen LogP contribution in [0.5, 0.6) is 5.75 Å². The molecule has 3 N–H and O–H groups in total. The van der Waals surface area contributed by atoms with Crippen LogP contribution in [-0.2, 0) is 14.3 Å². The van der Waals surface area contributed by atoms with Crippen molar-refractivity contribution in [1.82, 2.24) is 4.98 Å². The van der Waals surface area contributed by atoms with E-state index in [4.69, 9.17) is 19.6 Å². The maximum atomic E-state index is 12.5.